The van der Waals surface area contributed by atoms with E-state index in [-0.39, 0.29) is 6.29 Å². The van der Waals surface area contributed by atoms with Gasteiger partial charge in [0.05, 0.1) is 6.04 Å². The molecule has 0 rings (SSSR count). The molecule has 0 aromatic heterocycles. The lowest BCUT2D eigenvalue weighted by Gasteiger charge is -2.33. The van der Waals surface area contributed by atoms with Gasteiger partial charge in [0, 0.05) is 13.2 Å². The fraction of sp³-hybridized carbons (Fsp3) is 1.00. The van der Waals surface area contributed by atoms with Crippen molar-refractivity contribution in [2.45, 2.75) is 66.2 Å². The third kappa shape index (κ3) is 6.39. The molecule has 17 heavy (non-hydrogen) atoms. The quantitative estimate of drug-likeness (QED) is 0.567. The second kappa shape index (κ2) is 11.0. The Kier molecular flexibility index (Phi) is 10.9. The predicted octanol–water partition coefficient (Wildman–Crippen LogP) is 3.19. The molecule has 0 heterocycles. The number of nitrogens with one attached hydrogen (secondary N) is 1. The van der Waals surface area contributed by atoms with Gasteiger partial charge in [-0.2, -0.15) is 0 Å². The molecule has 104 valence electrons. The first-order chi connectivity index (χ1) is 8.24. The Hall–Kier alpha value is -0.120. The number of hydrogen-bond donors (Lipinski definition) is 1. The highest BCUT2D eigenvalue weighted by Gasteiger charge is 2.27. The van der Waals surface area contributed by atoms with Gasteiger partial charge in [-0.1, -0.05) is 33.6 Å². The fourth-order valence-corrected chi connectivity index (χ4v) is 2.18. The molecule has 0 amide bonds. The summed E-state index contributed by atoms with van der Waals surface area (Å²) in [7, 11) is 0. The first-order valence-electron chi connectivity index (χ1n) is 7.21. The van der Waals surface area contributed by atoms with Crippen LogP contribution in [0.5, 0.6) is 0 Å². The average Bonchev–Trinajstić information content (AvgIpc) is 2.34. The first kappa shape index (κ1) is 16.9. The Morgan fingerprint density at radius 3 is 1.76 bits per heavy atom. The molecule has 0 fully saturated rings. The Bertz CT molecular complexity index is 154. The van der Waals surface area contributed by atoms with Gasteiger partial charge in [-0.25, -0.2) is 0 Å². The van der Waals surface area contributed by atoms with Crippen LogP contribution in [0.4, 0.5) is 0 Å². The molecule has 0 radical (unpaired) electrons. The van der Waals surface area contributed by atoms with E-state index < -0.39 is 0 Å². The van der Waals surface area contributed by atoms with Gasteiger partial charge in [-0.3, -0.25) is 0 Å². The van der Waals surface area contributed by atoms with Gasteiger partial charge in [0.15, 0.2) is 6.29 Å². The molecule has 0 saturated heterocycles. The summed E-state index contributed by atoms with van der Waals surface area (Å²) < 4.78 is 11.5. The van der Waals surface area contributed by atoms with Gasteiger partial charge in [0.2, 0.25) is 0 Å². The van der Waals surface area contributed by atoms with Crippen LogP contribution in [0.3, 0.4) is 0 Å². The van der Waals surface area contributed by atoms with Gasteiger partial charge in [0.1, 0.15) is 0 Å². The van der Waals surface area contributed by atoms with Crippen molar-refractivity contribution in [3.05, 3.63) is 0 Å². The van der Waals surface area contributed by atoms with E-state index in [0.29, 0.717) is 25.2 Å². The number of hydrogen-bond acceptors (Lipinski definition) is 3. The van der Waals surface area contributed by atoms with Crippen LogP contribution < -0.4 is 5.32 Å². The average molecular weight is 245 g/mol. The minimum Gasteiger partial charge on any atom is -0.351 e. The van der Waals surface area contributed by atoms with E-state index >= 15 is 0 Å². The molecular formula is C14H31NO2. The third-order valence-electron chi connectivity index (χ3n) is 3.14. The van der Waals surface area contributed by atoms with Crippen molar-refractivity contribution in [3.8, 4) is 0 Å². The number of ether oxygens (including phenoxy) is 2. The molecule has 0 bridgehead atoms. The van der Waals surface area contributed by atoms with Crippen molar-refractivity contribution in [2.75, 3.05) is 19.8 Å². The predicted molar refractivity (Wildman–Crippen MR) is 73.2 cm³/mol. The highest BCUT2D eigenvalue weighted by molar-refractivity contribution is 4.78. The van der Waals surface area contributed by atoms with Crippen molar-refractivity contribution >= 4 is 0 Å². The lowest BCUT2D eigenvalue weighted by atomic mass is 9.93. The zero-order valence-corrected chi connectivity index (χ0v) is 12.3. The van der Waals surface area contributed by atoms with E-state index in [9.17, 15) is 0 Å². The summed E-state index contributed by atoms with van der Waals surface area (Å²) in [6, 6.07) is 0.310. The monoisotopic (exact) mass is 245 g/mol. The molecule has 0 aliphatic heterocycles. The SMILES string of the molecule is CCCNC(C(CC)CC)C(OCC)OCC. The van der Waals surface area contributed by atoms with Crippen LogP contribution in [-0.2, 0) is 9.47 Å². The smallest absolute Gasteiger partial charge is 0.172 e. The molecule has 3 nitrogen and oxygen atoms in total. The first-order valence-corrected chi connectivity index (χ1v) is 7.21. The summed E-state index contributed by atoms with van der Waals surface area (Å²) in [5.41, 5.74) is 0. The normalized spacial score (nSPS) is 13.6. The van der Waals surface area contributed by atoms with Gasteiger partial charge in [-0.15, -0.1) is 0 Å². The van der Waals surface area contributed by atoms with E-state index in [2.05, 4.69) is 26.1 Å². The summed E-state index contributed by atoms with van der Waals surface area (Å²) >= 11 is 0. The number of rotatable bonds is 11. The van der Waals surface area contributed by atoms with Crippen LogP contribution >= 0.6 is 0 Å². The van der Waals surface area contributed by atoms with Gasteiger partial charge < -0.3 is 14.8 Å². The Morgan fingerprint density at radius 2 is 1.41 bits per heavy atom. The van der Waals surface area contributed by atoms with Crippen LogP contribution in [0.1, 0.15) is 53.9 Å². The highest BCUT2D eigenvalue weighted by Crippen LogP contribution is 2.19. The van der Waals surface area contributed by atoms with E-state index in [4.69, 9.17) is 9.47 Å². The molecule has 1 N–H and O–H groups in total. The molecule has 0 saturated carbocycles. The summed E-state index contributed by atoms with van der Waals surface area (Å²) in [6.45, 7) is 13.1. The molecule has 0 spiro atoms. The fourth-order valence-electron chi connectivity index (χ4n) is 2.18. The molecule has 0 aromatic carbocycles. The van der Waals surface area contributed by atoms with E-state index in [0.717, 1.165) is 25.8 Å². The molecule has 0 aromatic rings. The van der Waals surface area contributed by atoms with Crippen molar-refractivity contribution in [3.63, 3.8) is 0 Å². The zero-order valence-electron chi connectivity index (χ0n) is 12.3. The molecule has 1 atom stereocenters. The highest BCUT2D eigenvalue weighted by atomic mass is 16.7. The van der Waals surface area contributed by atoms with Crippen LogP contribution in [0.2, 0.25) is 0 Å². The summed E-state index contributed by atoms with van der Waals surface area (Å²) in [6.07, 6.45) is 3.35. The summed E-state index contributed by atoms with van der Waals surface area (Å²) in [5.74, 6) is 0.615. The Balaban J connectivity index is 4.56. The Morgan fingerprint density at radius 1 is 0.882 bits per heavy atom. The van der Waals surface area contributed by atoms with Gasteiger partial charge >= 0.3 is 0 Å². The maximum absolute atomic E-state index is 5.74. The molecule has 1 unspecified atom stereocenters. The van der Waals surface area contributed by atoms with Crippen molar-refractivity contribution in [1.82, 2.24) is 5.32 Å². The zero-order chi connectivity index (χ0) is 13.1. The minimum absolute atomic E-state index is 0.110. The molecular weight excluding hydrogens is 214 g/mol. The lowest BCUT2D eigenvalue weighted by molar-refractivity contribution is -0.163. The van der Waals surface area contributed by atoms with E-state index in [1.165, 1.54) is 0 Å². The minimum atomic E-state index is -0.110. The molecule has 3 heteroatoms. The third-order valence-corrected chi connectivity index (χ3v) is 3.14. The van der Waals surface area contributed by atoms with Crippen LogP contribution in [0, 0.1) is 5.92 Å². The van der Waals surface area contributed by atoms with Gasteiger partial charge in [-0.05, 0) is 32.7 Å². The molecule has 0 aliphatic rings. The van der Waals surface area contributed by atoms with E-state index in [1.54, 1.807) is 0 Å². The van der Waals surface area contributed by atoms with Crippen molar-refractivity contribution in [2.24, 2.45) is 5.92 Å². The van der Waals surface area contributed by atoms with Crippen LogP contribution in [0.25, 0.3) is 0 Å². The standard InChI is InChI=1S/C14H31NO2/c1-6-11-15-13(12(7-2)8-3)14(16-9-4)17-10-5/h12-15H,6-11H2,1-5H3. The van der Waals surface area contributed by atoms with Crippen LogP contribution in [-0.4, -0.2) is 32.1 Å². The van der Waals surface area contributed by atoms with Gasteiger partial charge in [0.25, 0.3) is 0 Å². The lowest BCUT2D eigenvalue weighted by Crippen LogP contribution is -2.48. The molecule has 0 aliphatic carbocycles. The topological polar surface area (TPSA) is 30.5 Å². The van der Waals surface area contributed by atoms with Crippen molar-refractivity contribution in [1.29, 1.82) is 0 Å². The summed E-state index contributed by atoms with van der Waals surface area (Å²) in [4.78, 5) is 0. The second-order valence-corrected chi connectivity index (χ2v) is 4.34. The summed E-state index contributed by atoms with van der Waals surface area (Å²) in [5, 5.41) is 3.59. The largest absolute Gasteiger partial charge is 0.351 e. The second-order valence-electron chi connectivity index (χ2n) is 4.34. The maximum atomic E-state index is 5.74. The van der Waals surface area contributed by atoms with Crippen molar-refractivity contribution < 1.29 is 9.47 Å². The maximum Gasteiger partial charge on any atom is 0.172 e. The Labute approximate surface area is 107 Å². The van der Waals surface area contributed by atoms with E-state index in [1.807, 2.05) is 13.8 Å². The van der Waals surface area contributed by atoms with Crippen LogP contribution in [0.15, 0.2) is 0 Å².